The topological polar surface area (TPSA) is 58.5 Å². The predicted molar refractivity (Wildman–Crippen MR) is 81.0 cm³/mol. The van der Waals surface area contributed by atoms with Crippen LogP contribution in [0.4, 0.5) is 0 Å². The van der Waals surface area contributed by atoms with E-state index in [1.807, 2.05) is 18.3 Å². The number of nitrogens with zero attached hydrogens (tertiary/aromatic N) is 2. The number of ether oxygens (including phenoxy) is 1. The van der Waals surface area contributed by atoms with E-state index < -0.39 is 0 Å². The molecule has 2 N–H and O–H groups in total. The van der Waals surface area contributed by atoms with Crippen LogP contribution < -0.4 is 15.4 Å². The highest BCUT2D eigenvalue weighted by Gasteiger charge is 2.21. The van der Waals surface area contributed by atoms with Crippen molar-refractivity contribution >= 4 is 5.96 Å². The summed E-state index contributed by atoms with van der Waals surface area (Å²) in [4.78, 5) is 8.85. The van der Waals surface area contributed by atoms with Crippen LogP contribution in [-0.4, -0.2) is 30.1 Å². The fourth-order valence-electron chi connectivity index (χ4n) is 1.71. The summed E-state index contributed by atoms with van der Waals surface area (Å²) in [5.41, 5.74) is 1.09. The Labute approximate surface area is 120 Å². The summed E-state index contributed by atoms with van der Waals surface area (Å²) in [7, 11) is 0. The number of hydrogen-bond donors (Lipinski definition) is 2. The normalized spacial score (nSPS) is 15.0. The molecular weight excluding hydrogens is 252 g/mol. The molecule has 0 aromatic carbocycles. The molecule has 110 valence electrons. The zero-order chi connectivity index (χ0) is 14.2. The quantitative estimate of drug-likeness (QED) is 0.591. The van der Waals surface area contributed by atoms with Crippen molar-refractivity contribution in [3.63, 3.8) is 0 Å². The molecular formula is C15H24N4O. The second-order valence-corrected chi connectivity index (χ2v) is 4.97. The third-order valence-electron chi connectivity index (χ3n) is 2.93. The zero-order valence-corrected chi connectivity index (χ0v) is 12.4. The maximum absolute atomic E-state index is 5.46. The van der Waals surface area contributed by atoms with Gasteiger partial charge >= 0.3 is 0 Å². The van der Waals surface area contributed by atoms with E-state index in [0.717, 1.165) is 24.5 Å². The predicted octanol–water partition coefficient (Wildman–Crippen LogP) is 2.09. The van der Waals surface area contributed by atoms with Gasteiger partial charge in [-0.25, -0.2) is 9.98 Å². The summed E-state index contributed by atoms with van der Waals surface area (Å²) in [6.45, 7) is 6.37. The van der Waals surface area contributed by atoms with Crippen molar-refractivity contribution < 1.29 is 4.74 Å². The first kappa shape index (κ1) is 14.6. The van der Waals surface area contributed by atoms with E-state index in [1.165, 1.54) is 12.8 Å². The highest BCUT2D eigenvalue weighted by Crippen LogP contribution is 2.18. The lowest BCUT2D eigenvalue weighted by Gasteiger charge is -2.10. The summed E-state index contributed by atoms with van der Waals surface area (Å²) in [5.74, 6) is 1.57. The number of guanidine groups is 1. The van der Waals surface area contributed by atoms with Crippen LogP contribution in [0.2, 0.25) is 0 Å². The molecule has 1 aliphatic rings. The van der Waals surface area contributed by atoms with Crippen molar-refractivity contribution in [2.45, 2.75) is 45.7 Å². The molecule has 5 heteroatoms. The maximum Gasteiger partial charge on any atom is 0.213 e. The molecule has 0 amide bonds. The van der Waals surface area contributed by atoms with Crippen molar-refractivity contribution in [1.82, 2.24) is 15.6 Å². The Hall–Kier alpha value is -1.78. The van der Waals surface area contributed by atoms with Gasteiger partial charge in [-0.3, -0.25) is 0 Å². The Morgan fingerprint density at radius 1 is 1.40 bits per heavy atom. The molecule has 0 aliphatic heterocycles. The van der Waals surface area contributed by atoms with Gasteiger partial charge < -0.3 is 15.4 Å². The second-order valence-electron chi connectivity index (χ2n) is 4.97. The van der Waals surface area contributed by atoms with Gasteiger partial charge in [0, 0.05) is 24.8 Å². The fourth-order valence-corrected chi connectivity index (χ4v) is 1.71. The van der Waals surface area contributed by atoms with Crippen LogP contribution in [0, 0.1) is 0 Å². The zero-order valence-electron chi connectivity index (χ0n) is 12.4. The van der Waals surface area contributed by atoms with E-state index in [-0.39, 0.29) is 0 Å². The van der Waals surface area contributed by atoms with Crippen LogP contribution in [0.3, 0.4) is 0 Å². The van der Waals surface area contributed by atoms with Crippen LogP contribution in [0.25, 0.3) is 0 Å². The molecule has 0 atom stereocenters. The largest absolute Gasteiger partial charge is 0.478 e. The van der Waals surface area contributed by atoms with Gasteiger partial charge in [-0.2, -0.15) is 0 Å². The first-order chi connectivity index (χ1) is 9.81. The van der Waals surface area contributed by atoms with Gasteiger partial charge in [0.25, 0.3) is 0 Å². The minimum atomic E-state index is 0.607. The Bertz CT molecular complexity index is 426. The Balaban J connectivity index is 1.86. The Morgan fingerprint density at radius 3 is 2.85 bits per heavy atom. The van der Waals surface area contributed by atoms with E-state index in [0.29, 0.717) is 25.1 Å². The summed E-state index contributed by atoms with van der Waals surface area (Å²) in [5, 5.41) is 6.65. The van der Waals surface area contributed by atoms with Gasteiger partial charge in [0.2, 0.25) is 5.88 Å². The summed E-state index contributed by atoms with van der Waals surface area (Å²) >= 11 is 0. The minimum Gasteiger partial charge on any atom is -0.478 e. The van der Waals surface area contributed by atoms with E-state index in [2.05, 4.69) is 34.5 Å². The third-order valence-corrected chi connectivity index (χ3v) is 2.93. The van der Waals surface area contributed by atoms with Crippen molar-refractivity contribution in [3.8, 4) is 5.88 Å². The smallest absolute Gasteiger partial charge is 0.213 e. The molecule has 0 saturated heterocycles. The number of rotatable bonds is 7. The van der Waals surface area contributed by atoms with Gasteiger partial charge in [0.05, 0.1) is 13.2 Å². The highest BCUT2D eigenvalue weighted by atomic mass is 16.5. The monoisotopic (exact) mass is 276 g/mol. The van der Waals surface area contributed by atoms with Crippen molar-refractivity contribution in [2.24, 2.45) is 4.99 Å². The third kappa shape index (κ3) is 5.07. The van der Waals surface area contributed by atoms with Crippen molar-refractivity contribution in [1.29, 1.82) is 0 Å². The summed E-state index contributed by atoms with van der Waals surface area (Å²) in [6, 6.07) is 4.53. The van der Waals surface area contributed by atoms with Gasteiger partial charge in [-0.15, -0.1) is 0 Å². The average molecular weight is 276 g/mol. The molecule has 0 bridgehead atoms. The lowest BCUT2D eigenvalue weighted by Crippen LogP contribution is -2.38. The van der Waals surface area contributed by atoms with E-state index in [4.69, 9.17) is 4.74 Å². The standard InChI is InChI=1S/C15H24N4O/c1-3-9-20-14-8-5-12(10-17-14)11-18-15(16-4-2)19-13-6-7-13/h5,8,10,13H,3-4,6-7,9,11H2,1-2H3,(H2,16,18,19). The van der Waals surface area contributed by atoms with Crippen LogP contribution in [0.1, 0.15) is 38.7 Å². The molecule has 0 spiro atoms. The molecule has 20 heavy (non-hydrogen) atoms. The molecule has 2 rings (SSSR count). The first-order valence-corrected chi connectivity index (χ1v) is 7.44. The minimum absolute atomic E-state index is 0.607. The average Bonchev–Trinajstić information content (AvgIpc) is 3.28. The second kappa shape index (κ2) is 7.72. The molecule has 0 unspecified atom stereocenters. The number of aliphatic imine (C=N–C) groups is 1. The molecule has 1 aliphatic carbocycles. The van der Waals surface area contributed by atoms with Gasteiger partial charge in [0.1, 0.15) is 0 Å². The van der Waals surface area contributed by atoms with E-state index in [1.54, 1.807) is 0 Å². The molecule has 1 fully saturated rings. The maximum atomic E-state index is 5.46. The van der Waals surface area contributed by atoms with Crippen molar-refractivity contribution in [3.05, 3.63) is 23.9 Å². The highest BCUT2D eigenvalue weighted by molar-refractivity contribution is 5.80. The lowest BCUT2D eigenvalue weighted by atomic mass is 10.3. The molecule has 1 aromatic heterocycles. The molecule has 1 saturated carbocycles. The van der Waals surface area contributed by atoms with Crippen LogP contribution in [0.15, 0.2) is 23.3 Å². The van der Waals surface area contributed by atoms with Gasteiger partial charge in [-0.1, -0.05) is 13.0 Å². The van der Waals surface area contributed by atoms with Crippen LogP contribution in [0.5, 0.6) is 5.88 Å². The van der Waals surface area contributed by atoms with Crippen LogP contribution >= 0.6 is 0 Å². The first-order valence-electron chi connectivity index (χ1n) is 7.44. The molecule has 1 aromatic rings. The number of pyridine rings is 1. The Morgan fingerprint density at radius 2 is 2.25 bits per heavy atom. The van der Waals surface area contributed by atoms with Crippen molar-refractivity contribution in [2.75, 3.05) is 13.2 Å². The Kier molecular flexibility index (Phi) is 5.65. The SMILES string of the molecule is CCCOc1ccc(CN=C(NCC)NC2CC2)cn1. The van der Waals surface area contributed by atoms with Gasteiger partial charge in [0.15, 0.2) is 5.96 Å². The van der Waals surface area contributed by atoms with E-state index >= 15 is 0 Å². The van der Waals surface area contributed by atoms with E-state index in [9.17, 15) is 0 Å². The fraction of sp³-hybridized carbons (Fsp3) is 0.600. The summed E-state index contributed by atoms with van der Waals surface area (Å²) in [6.07, 6.45) is 5.31. The number of nitrogens with one attached hydrogen (secondary N) is 2. The molecule has 1 heterocycles. The number of aromatic nitrogens is 1. The molecule has 0 radical (unpaired) electrons. The van der Waals surface area contributed by atoms with Crippen LogP contribution in [-0.2, 0) is 6.54 Å². The van der Waals surface area contributed by atoms with Gasteiger partial charge in [-0.05, 0) is 31.7 Å². The molecule has 5 nitrogen and oxygen atoms in total. The lowest BCUT2D eigenvalue weighted by molar-refractivity contribution is 0.305. The number of hydrogen-bond acceptors (Lipinski definition) is 3. The summed E-state index contributed by atoms with van der Waals surface area (Å²) < 4.78 is 5.46.